The Morgan fingerprint density at radius 2 is 1.64 bits per heavy atom. The van der Waals surface area contributed by atoms with Crippen molar-refractivity contribution in [3.63, 3.8) is 0 Å². The zero-order chi connectivity index (χ0) is 17.8. The molecule has 0 unspecified atom stereocenters. The Hall–Kier alpha value is -1.95. The van der Waals surface area contributed by atoms with Crippen LogP contribution in [0.15, 0.2) is 18.2 Å². The molecule has 0 bridgehead atoms. The second kappa shape index (κ2) is 7.95. The predicted molar refractivity (Wildman–Crippen MR) is 92.6 cm³/mol. The van der Waals surface area contributed by atoms with E-state index in [1.54, 1.807) is 17.0 Å². The number of ether oxygens (including phenoxy) is 1. The average Bonchev–Trinajstić information content (AvgIpc) is 2.64. The molecule has 1 saturated heterocycles. The van der Waals surface area contributed by atoms with Gasteiger partial charge < -0.3 is 14.7 Å². The van der Waals surface area contributed by atoms with E-state index in [-0.39, 0.29) is 23.4 Å². The summed E-state index contributed by atoms with van der Waals surface area (Å²) < 4.78 is 6.23. The standard InChI is InChI=1S/C19H26N2O4/c1-13-5-7-14(8-6-13)25-15-9-11-21(12-10-15)18(22)16-3-2-4-17(20-16)19(23)24/h2-4,13-15H,5-12H2,1H3,(H,23,24). The maximum absolute atomic E-state index is 12.5. The van der Waals surface area contributed by atoms with Gasteiger partial charge >= 0.3 is 5.97 Å². The molecule has 136 valence electrons. The normalized spacial score (nSPS) is 24.9. The third-order valence-corrected chi connectivity index (χ3v) is 5.26. The van der Waals surface area contributed by atoms with Crippen LogP contribution in [0.3, 0.4) is 0 Å². The van der Waals surface area contributed by atoms with Gasteiger partial charge in [-0.1, -0.05) is 13.0 Å². The molecule has 2 aliphatic rings. The zero-order valence-electron chi connectivity index (χ0n) is 14.7. The number of likely N-dealkylation sites (tertiary alicyclic amines) is 1. The van der Waals surface area contributed by atoms with E-state index in [1.807, 2.05) is 0 Å². The lowest BCUT2D eigenvalue weighted by atomic mass is 9.88. The van der Waals surface area contributed by atoms with E-state index in [4.69, 9.17) is 9.84 Å². The Balaban J connectivity index is 1.51. The molecule has 25 heavy (non-hydrogen) atoms. The van der Waals surface area contributed by atoms with Gasteiger partial charge in [0.15, 0.2) is 0 Å². The number of rotatable bonds is 4. The Kier molecular flexibility index (Phi) is 5.68. The van der Waals surface area contributed by atoms with E-state index in [2.05, 4.69) is 11.9 Å². The van der Waals surface area contributed by atoms with Gasteiger partial charge in [-0.2, -0.15) is 0 Å². The lowest BCUT2D eigenvalue weighted by Crippen LogP contribution is -2.42. The van der Waals surface area contributed by atoms with E-state index in [1.165, 1.54) is 18.9 Å². The SMILES string of the molecule is CC1CCC(OC2CCN(C(=O)c3cccc(C(=O)O)n3)CC2)CC1. The lowest BCUT2D eigenvalue weighted by molar-refractivity contribution is -0.0571. The number of nitrogens with zero attached hydrogens (tertiary/aromatic N) is 2. The minimum Gasteiger partial charge on any atom is -0.477 e. The highest BCUT2D eigenvalue weighted by atomic mass is 16.5. The van der Waals surface area contributed by atoms with Crippen LogP contribution in [-0.4, -0.2) is 52.2 Å². The zero-order valence-corrected chi connectivity index (χ0v) is 14.7. The van der Waals surface area contributed by atoms with E-state index < -0.39 is 5.97 Å². The van der Waals surface area contributed by atoms with Crippen LogP contribution < -0.4 is 0 Å². The summed E-state index contributed by atoms with van der Waals surface area (Å²) in [5.41, 5.74) is 0.0936. The summed E-state index contributed by atoms with van der Waals surface area (Å²) in [7, 11) is 0. The number of aromatic carboxylic acids is 1. The van der Waals surface area contributed by atoms with Crippen LogP contribution in [-0.2, 0) is 4.74 Å². The maximum atomic E-state index is 12.5. The topological polar surface area (TPSA) is 79.7 Å². The minimum absolute atomic E-state index is 0.101. The fourth-order valence-electron chi connectivity index (χ4n) is 3.67. The van der Waals surface area contributed by atoms with Gasteiger partial charge in [-0.15, -0.1) is 0 Å². The molecule has 0 aromatic carbocycles. The largest absolute Gasteiger partial charge is 0.477 e. The highest BCUT2D eigenvalue weighted by Gasteiger charge is 2.28. The number of hydrogen-bond acceptors (Lipinski definition) is 4. The number of carbonyl (C=O) groups excluding carboxylic acids is 1. The average molecular weight is 346 g/mol. The van der Waals surface area contributed by atoms with Crippen molar-refractivity contribution < 1.29 is 19.4 Å². The molecule has 1 amide bonds. The molecule has 1 N–H and O–H groups in total. The maximum Gasteiger partial charge on any atom is 0.354 e. The Labute approximate surface area is 148 Å². The number of carboxylic acid groups (broad SMARTS) is 1. The van der Waals surface area contributed by atoms with Crippen molar-refractivity contribution in [2.45, 2.75) is 57.7 Å². The van der Waals surface area contributed by atoms with Gasteiger partial charge in [-0.3, -0.25) is 4.79 Å². The van der Waals surface area contributed by atoms with E-state index in [0.717, 1.165) is 31.6 Å². The molecule has 2 heterocycles. The lowest BCUT2D eigenvalue weighted by Gasteiger charge is -2.35. The summed E-state index contributed by atoms with van der Waals surface area (Å²) in [6.07, 6.45) is 7.03. The first-order valence-corrected chi connectivity index (χ1v) is 9.18. The Morgan fingerprint density at radius 1 is 1.04 bits per heavy atom. The summed E-state index contributed by atoms with van der Waals surface area (Å²) in [4.78, 5) is 29.2. The summed E-state index contributed by atoms with van der Waals surface area (Å²) in [6, 6.07) is 4.52. The third kappa shape index (κ3) is 4.57. The first-order valence-electron chi connectivity index (χ1n) is 9.18. The summed E-state index contributed by atoms with van der Waals surface area (Å²) in [5, 5.41) is 9.00. The van der Waals surface area contributed by atoms with E-state index >= 15 is 0 Å². The minimum atomic E-state index is -1.12. The number of carboxylic acids is 1. The molecule has 0 spiro atoms. The van der Waals surface area contributed by atoms with Crippen LogP contribution in [0.1, 0.15) is 66.4 Å². The fraction of sp³-hybridized carbons (Fsp3) is 0.632. The van der Waals surface area contributed by atoms with Crippen LogP contribution in [0.4, 0.5) is 0 Å². The van der Waals surface area contributed by atoms with Crippen molar-refractivity contribution in [3.05, 3.63) is 29.6 Å². The number of carbonyl (C=O) groups is 2. The fourth-order valence-corrected chi connectivity index (χ4v) is 3.67. The number of amides is 1. The molecule has 1 saturated carbocycles. The highest BCUT2D eigenvalue weighted by Crippen LogP contribution is 2.28. The second-order valence-electron chi connectivity index (χ2n) is 7.22. The van der Waals surface area contributed by atoms with Gasteiger partial charge in [0.05, 0.1) is 12.2 Å². The first-order chi connectivity index (χ1) is 12.0. The smallest absolute Gasteiger partial charge is 0.354 e. The van der Waals surface area contributed by atoms with Crippen molar-refractivity contribution in [2.75, 3.05) is 13.1 Å². The Morgan fingerprint density at radius 3 is 2.28 bits per heavy atom. The van der Waals surface area contributed by atoms with Crippen LogP contribution in [0.25, 0.3) is 0 Å². The van der Waals surface area contributed by atoms with E-state index in [0.29, 0.717) is 19.2 Å². The summed E-state index contributed by atoms with van der Waals surface area (Å²) >= 11 is 0. The quantitative estimate of drug-likeness (QED) is 0.906. The van der Waals surface area contributed by atoms with Gasteiger partial charge in [0.25, 0.3) is 5.91 Å². The Bertz CT molecular complexity index is 618. The molecule has 0 atom stereocenters. The monoisotopic (exact) mass is 346 g/mol. The van der Waals surface area contributed by atoms with Crippen molar-refractivity contribution >= 4 is 11.9 Å². The molecule has 1 aromatic rings. The van der Waals surface area contributed by atoms with Crippen LogP contribution in [0, 0.1) is 5.92 Å². The van der Waals surface area contributed by atoms with Crippen molar-refractivity contribution in [3.8, 4) is 0 Å². The molecule has 2 fully saturated rings. The molecule has 3 rings (SSSR count). The van der Waals surface area contributed by atoms with Crippen molar-refractivity contribution in [2.24, 2.45) is 5.92 Å². The van der Waals surface area contributed by atoms with Crippen LogP contribution in [0.5, 0.6) is 0 Å². The molecular formula is C19H26N2O4. The summed E-state index contributed by atoms with van der Waals surface area (Å²) in [6.45, 7) is 3.56. The van der Waals surface area contributed by atoms with Gasteiger partial charge in [-0.25, -0.2) is 9.78 Å². The first kappa shape index (κ1) is 17.9. The van der Waals surface area contributed by atoms with Gasteiger partial charge in [-0.05, 0) is 56.6 Å². The van der Waals surface area contributed by atoms with Crippen molar-refractivity contribution in [1.82, 2.24) is 9.88 Å². The molecule has 0 radical (unpaired) electrons. The number of pyridine rings is 1. The number of aromatic nitrogens is 1. The molecule has 6 heteroatoms. The number of piperidine rings is 1. The van der Waals surface area contributed by atoms with Crippen molar-refractivity contribution in [1.29, 1.82) is 0 Å². The molecular weight excluding hydrogens is 320 g/mol. The predicted octanol–water partition coefficient (Wildman–Crippen LogP) is 2.98. The summed E-state index contributed by atoms with van der Waals surface area (Å²) in [5.74, 6) is -0.509. The van der Waals surface area contributed by atoms with Gasteiger partial charge in [0.1, 0.15) is 11.4 Å². The number of hydrogen-bond donors (Lipinski definition) is 1. The van der Waals surface area contributed by atoms with E-state index in [9.17, 15) is 9.59 Å². The van der Waals surface area contributed by atoms with Gasteiger partial charge in [0.2, 0.25) is 0 Å². The third-order valence-electron chi connectivity index (χ3n) is 5.26. The highest BCUT2D eigenvalue weighted by molar-refractivity contribution is 5.94. The molecule has 6 nitrogen and oxygen atoms in total. The van der Waals surface area contributed by atoms with Crippen LogP contribution in [0.2, 0.25) is 0 Å². The molecule has 1 aromatic heterocycles. The van der Waals surface area contributed by atoms with Gasteiger partial charge in [0, 0.05) is 13.1 Å². The molecule has 1 aliphatic carbocycles. The molecule has 1 aliphatic heterocycles. The second-order valence-corrected chi connectivity index (χ2v) is 7.22. The van der Waals surface area contributed by atoms with Crippen LogP contribution >= 0.6 is 0 Å².